The van der Waals surface area contributed by atoms with Gasteiger partial charge < -0.3 is 63.6 Å². The van der Waals surface area contributed by atoms with Crippen LogP contribution in [0.25, 0.3) is 0 Å². The Morgan fingerprint density at radius 2 is 1.02 bits per heavy atom. The minimum Gasteiger partial charge on any atom is -0.390 e. The fraction of sp³-hybridized carbons (Fsp3) is 0.924. The minimum absolute atomic E-state index is 0.0175. The molecule has 4 aliphatic heterocycles. The third kappa shape index (κ3) is 10.0. The number of aliphatic hydroxyl groups is 4. The molecule has 28 atom stereocenters. The first-order chi connectivity index (χ1) is 43.8. The minimum atomic E-state index is -1.01. The predicted octanol–water partition coefficient (Wildman–Crippen LogP) is 12.5. The molecule has 1 aromatic carbocycles. The van der Waals surface area contributed by atoms with Crippen molar-refractivity contribution in [2.45, 2.75) is 305 Å². The number of ether oxygens (including phenoxy) is 8. The van der Waals surface area contributed by atoms with Gasteiger partial charge in [0.05, 0.1) is 73.2 Å². The van der Waals surface area contributed by atoms with Crippen LogP contribution in [0.5, 0.6) is 0 Å². The molecular weight excluding hydrogens is 1170 g/mol. The molecule has 15 rings (SSSR count). The van der Waals surface area contributed by atoms with E-state index in [1.54, 1.807) is 0 Å². The van der Waals surface area contributed by atoms with Crippen molar-refractivity contribution < 1.29 is 58.3 Å². The van der Waals surface area contributed by atoms with Crippen molar-refractivity contribution in [3.63, 3.8) is 0 Å². The van der Waals surface area contributed by atoms with Gasteiger partial charge in [-0.25, -0.2) is 0 Å². The first kappa shape index (κ1) is 68.8. The molecule has 0 radical (unpaired) electrons. The summed E-state index contributed by atoms with van der Waals surface area (Å²) < 4.78 is 52.1. The van der Waals surface area contributed by atoms with Crippen molar-refractivity contribution in [3.05, 3.63) is 35.9 Å². The first-order valence-corrected chi connectivity index (χ1v) is 38.2. The number of hydrogen-bond acceptors (Lipinski definition) is 14. The second kappa shape index (κ2) is 23.6. The van der Waals surface area contributed by atoms with E-state index in [1.165, 1.54) is 82.6 Å². The third-order valence-electron chi connectivity index (χ3n) is 32.2. The monoisotopic (exact) mass is 1300 g/mol. The average Bonchev–Trinajstić information content (AvgIpc) is 1.47. The van der Waals surface area contributed by atoms with E-state index in [4.69, 9.17) is 37.9 Å². The molecule has 10 saturated carbocycles. The Hall–Kier alpha value is -1.34. The fourth-order valence-electron chi connectivity index (χ4n) is 28.1. The number of benzene rings is 1. The van der Waals surface area contributed by atoms with E-state index >= 15 is 0 Å². The zero-order valence-electron chi connectivity index (χ0n) is 60.6. The van der Waals surface area contributed by atoms with Gasteiger partial charge in [0.25, 0.3) is 0 Å². The smallest absolute Gasteiger partial charge is 0.170 e. The molecule has 5 N–H and O–H groups in total. The van der Waals surface area contributed by atoms with E-state index < -0.39 is 35.6 Å². The molecule has 2 unspecified atom stereocenters. The summed E-state index contributed by atoms with van der Waals surface area (Å²) in [6.07, 6.45) is 16.2. The number of nitrogens with one attached hydrogen (secondary N) is 1. The Morgan fingerprint density at radius 1 is 0.581 bits per heavy atom. The second-order valence-corrected chi connectivity index (χ2v) is 37.4. The molecule has 4 saturated heterocycles. The van der Waals surface area contributed by atoms with Crippen LogP contribution in [0.15, 0.2) is 30.3 Å². The number of morpholine rings is 2. The maximum Gasteiger partial charge on any atom is 0.170 e. The van der Waals surface area contributed by atoms with Crippen molar-refractivity contribution in [2.24, 2.45) is 101 Å². The third-order valence-corrected chi connectivity index (χ3v) is 32.2. The van der Waals surface area contributed by atoms with E-state index in [1.807, 2.05) is 41.5 Å². The van der Waals surface area contributed by atoms with Gasteiger partial charge in [-0.05, 0) is 241 Å². The van der Waals surface area contributed by atoms with Gasteiger partial charge in [-0.15, -0.1) is 0 Å². The second-order valence-electron chi connectivity index (χ2n) is 37.4. The highest BCUT2D eigenvalue weighted by Gasteiger charge is 2.87. The van der Waals surface area contributed by atoms with Crippen LogP contribution in [0.2, 0.25) is 0 Å². The quantitative estimate of drug-likeness (QED) is 0.119. The van der Waals surface area contributed by atoms with Gasteiger partial charge in [-0.3, -0.25) is 4.90 Å². The van der Waals surface area contributed by atoms with Crippen LogP contribution in [0.3, 0.4) is 0 Å². The standard InChI is InChI=1S/C43H67NO6.C36H61NO6/c1-9-47-37(39(5,6)46)29-23-27(2)34-35(49-29)36(45)41(8)31-16-15-30-38(3,4)32(17-18-42(30)26-43(31,42)20-19-40(34,41)7)50-33-25-44(21-22-48-33)24-28-13-11-10-12-14-28;1-9-40-30(32(5,6)39)22-18-21(2)27-28(42-22)29(38)34(8)24-11-10-23-31(3,4)25(43-26-19-37-16-17-41-26)12-13-35(23)20-36(24,35)15-14-33(27,34)7/h10-14,27,29-37,45-46H,9,15-26H2,1-8H3;21-30,37-39H,9-20H2,1-8H3/t27-,29-,30+,31+,32?,33+,34+,35+,36+,37+,40-,41-,42-,43+;21-,22-,23+,24+,25?,26+,27+,28+,29+,30+,33-,34-,35-,36+/m11/s1. The lowest BCUT2D eigenvalue weighted by Crippen LogP contribution is -2.60. The summed E-state index contributed by atoms with van der Waals surface area (Å²) >= 11 is 0. The molecule has 1 aromatic rings. The Balaban J connectivity index is 0.000000163. The Morgan fingerprint density at radius 3 is 1.46 bits per heavy atom. The summed E-state index contributed by atoms with van der Waals surface area (Å²) in [6, 6.07) is 10.8. The van der Waals surface area contributed by atoms with Crippen molar-refractivity contribution in [3.8, 4) is 0 Å². The van der Waals surface area contributed by atoms with Crippen LogP contribution in [-0.4, -0.2) is 163 Å². The highest BCUT2D eigenvalue weighted by molar-refractivity contribution is 5.35. The summed E-state index contributed by atoms with van der Waals surface area (Å²) in [5, 5.41) is 50.7. The van der Waals surface area contributed by atoms with Gasteiger partial charge in [0.2, 0.25) is 0 Å². The Kier molecular flexibility index (Phi) is 17.5. The van der Waals surface area contributed by atoms with Crippen LogP contribution < -0.4 is 5.32 Å². The lowest BCUT2D eigenvalue weighted by molar-refractivity contribution is -0.249. The molecule has 0 bridgehead atoms. The summed E-state index contributed by atoms with van der Waals surface area (Å²) in [5.41, 5.74) is 0.508. The molecule has 14 nitrogen and oxygen atoms in total. The SMILES string of the molecule is CCO[C@@H]([C@H]1C[C@@H](C)[C@H]2[C@H](O1)[C@H](O)[C@@]1(C)[C@@H]3CC[C@H]4C(C)(C)C(O[C@H]5CN(Cc6ccccc6)CCO5)CC[C@@]45C[C@@]35CC[C@]21C)C(C)(C)O.CCO[C@@H]([C@H]1C[C@@H](C)[C@H]2[C@H](O1)[C@H](O)[C@@]1(C)[C@@H]3CC[C@H]4C(C)(C)C(O[C@H]5CNCCO5)CC[C@@]45C[C@@]35CC[C@]21C)C(C)(C)O. The van der Waals surface area contributed by atoms with Gasteiger partial charge in [0.1, 0.15) is 12.2 Å². The topological polar surface area (TPSA) is 170 Å². The van der Waals surface area contributed by atoms with Gasteiger partial charge in [0, 0.05) is 56.8 Å². The van der Waals surface area contributed by atoms with Gasteiger partial charge in [-0.2, -0.15) is 0 Å². The summed E-state index contributed by atoms with van der Waals surface area (Å²) in [6.45, 7) is 42.9. The Labute approximate surface area is 560 Å². The number of aliphatic hydroxyl groups excluding tert-OH is 2. The van der Waals surface area contributed by atoms with Crippen LogP contribution in [0.1, 0.15) is 219 Å². The molecule has 14 fully saturated rings. The van der Waals surface area contributed by atoms with E-state index in [9.17, 15) is 20.4 Å². The molecule has 93 heavy (non-hydrogen) atoms. The summed E-state index contributed by atoms with van der Waals surface area (Å²) in [5.74, 6) is 3.71. The molecular formula is C79H128N2O12. The van der Waals surface area contributed by atoms with Crippen molar-refractivity contribution in [1.29, 1.82) is 0 Å². The molecule has 0 aromatic heterocycles. The van der Waals surface area contributed by atoms with E-state index in [0.29, 0.717) is 82.2 Å². The zero-order chi connectivity index (χ0) is 66.3. The lowest BCUT2D eigenvalue weighted by atomic mass is 9.41. The largest absolute Gasteiger partial charge is 0.390 e. The summed E-state index contributed by atoms with van der Waals surface area (Å²) in [7, 11) is 0. The molecule has 10 aliphatic carbocycles. The zero-order valence-corrected chi connectivity index (χ0v) is 60.6. The highest BCUT2D eigenvalue weighted by atomic mass is 16.7. The average molecular weight is 1300 g/mol. The Bertz CT molecular complexity index is 2840. The summed E-state index contributed by atoms with van der Waals surface area (Å²) in [4.78, 5) is 2.49. The van der Waals surface area contributed by atoms with Gasteiger partial charge in [-0.1, -0.05) is 99.6 Å². The number of hydrogen-bond donors (Lipinski definition) is 5. The fourth-order valence-corrected chi connectivity index (χ4v) is 28.1. The van der Waals surface area contributed by atoms with Crippen molar-refractivity contribution in [2.75, 3.05) is 52.6 Å². The number of rotatable bonds is 14. The maximum atomic E-state index is 12.6. The normalized spacial score (nSPS) is 51.4. The van der Waals surface area contributed by atoms with Crippen LogP contribution in [-0.2, 0) is 44.4 Å². The number of fused-ring (bicyclic) bond motifs is 8. The lowest BCUT2D eigenvalue weighted by Gasteiger charge is -2.64. The van der Waals surface area contributed by atoms with Crippen LogP contribution in [0, 0.1) is 101 Å². The number of nitrogens with zero attached hydrogens (tertiary/aromatic N) is 1. The van der Waals surface area contributed by atoms with Crippen molar-refractivity contribution >= 4 is 0 Å². The first-order valence-electron chi connectivity index (χ1n) is 38.2. The maximum absolute atomic E-state index is 12.6. The molecule has 4 spiro atoms. The van der Waals surface area contributed by atoms with Gasteiger partial charge in [0.15, 0.2) is 12.6 Å². The highest BCUT2D eigenvalue weighted by Crippen LogP contribution is 2.91. The van der Waals surface area contributed by atoms with E-state index in [0.717, 1.165) is 71.6 Å². The molecule has 0 amide bonds. The van der Waals surface area contributed by atoms with E-state index in [2.05, 4.69) is 110 Å². The molecule has 14 heteroatoms. The van der Waals surface area contributed by atoms with Crippen LogP contribution in [0.4, 0.5) is 0 Å². The predicted molar refractivity (Wildman–Crippen MR) is 359 cm³/mol. The van der Waals surface area contributed by atoms with Crippen molar-refractivity contribution in [1.82, 2.24) is 10.2 Å². The van der Waals surface area contributed by atoms with E-state index in [-0.39, 0.29) is 81.7 Å². The van der Waals surface area contributed by atoms with Crippen LogP contribution >= 0.6 is 0 Å². The molecule has 526 valence electrons. The molecule has 4 heterocycles. The molecule has 14 aliphatic rings. The van der Waals surface area contributed by atoms with Gasteiger partial charge >= 0.3 is 0 Å².